The Bertz CT molecular complexity index is 834. The summed E-state index contributed by atoms with van der Waals surface area (Å²) in [6, 6.07) is 5.32. The number of morpholine rings is 1. The molecule has 0 bridgehead atoms. The molecule has 0 N–H and O–H groups in total. The molecule has 8 heteroatoms. The minimum absolute atomic E-state index is 0.0680. The van der Waals surface area contributed by atoms with Crippen molar-refractivity contribution in [3.63, 3.8) is 0 Å². The summed E-state index contributed by atoms with van der Waals surface area (Å²) in [6.45, 7) is 6.30. The van der Waals surface area contributed by atoms with E-state index >= 15 is 0 Å². The molecule has 1 aromatic carbocycles. The van der Waals surface area contributed by atoms with Crippen LogP contribution in [-0.4, -0.2) is 48.4 Å². The van der Waals surface area contributed by atoms with Gasteiger partial charge in [0.05, 0.1) is 12.7 Å². The summed E-state index contributed by atoms with van der Waals surface area (Å²) >= 11 is 0. The number of oxazole rings is 1. The lowest BCUT2D eigenvalue weighted by Gasteiger charge is -2.33. The van der Waals surface area contributed by atoms with Gasteiger partial charge in [-0.15, -0.1) is 0 Å². The van der Waals surface area contributed by atoms with Gasteiger partial charge in [-0.1, -0.05) is 13.8 Å². The molecular weight excluding hydrogens is 364 g/mol. The Hall–Kier alpha value is -2.74. The smallest absolute Gasteiger partial charge is 0.275 e. The number of hydrogen-bond donors (Lipinski definition) is 0. The molecule has 2 aromatic rings. The Kier molecular flexibility index (Phi) is 5.38. The van der Waals surface area contributed by atoms with Gasteiger partial charge in [-0.25, -0.2) is 4.98 Å². The molecule has 150 valence electrons. The summed E-state index contributed by atoms with van der Waals surface area (Å²) in [7, 11) is 0. The zero-order valence-corrected chi connectivity index (χ0v) is 16.1. The molecule has 0 radical (unpaired) electrons. The van der Waals surface area contributed by atoms with Crippen molar-refractivity contribution >= 4 is 5.91 Å². The van der Waals surface area contributed by atoms with Crippen LogP contribution in [0.1, 0.15) is 36.6 Å². The fourth-order valence-corrected chi connectivity index (χ4v) is 3.32. The van der Waals surface area contributed by atoms with E-state index in [4.69, 9.17) is 23.4 Å². The van der Waals surface area contributed by atoms with E-state index in [2.05, 4.69) is 18.8 Å². The monoisotopic (exact) mass is 388 g/mol. The molecule has 1 fully saturated rings. The topological polar surface area (TPSA) is 83.3 Å². The quantitative estimate of drug-likeness (QED) is 0.752. The number of amides is 1. The predicted molar refractivity (Wildman–Crippen MR) is 98.5 cm³/mol. The Morgan fingerprint density at radius 3 is 3.04 bits per heavy atom. The summed E-state index contributed by atoms with van der Waals surface area (Å²) in [5.74, 6) is 2.66. The highest BCUT2D eigenvalue weighted by Crippen LogP contribution is 2.35. The SMILES string of the molecule is CC(C)C[C@@H]1CN(C(=O)c2coc(COc3ccc4c(c3)OCO4)n2)CCO1. The molecule has 1 atom stereocenters. The zero-order chi connectivity index (χ0) is 19.5. The van der Waals surface area contributed by atoms with E-state index < -0.39 is 0 Å². The van der Waals surface area contributed by atoms with Crippen molar-refractivity contribution in [3.8, 4) is 17.2 Å². The summed E-state index contributed by atoms with van der Waals surface area (Å²) in [4.78, 5) is 18.8. The van der Waals surface area contributed by atoms with Crippen LogP contribution in [0, 0.1) is 5.92 Å². The first kappa shape index (κ1) is 18.6. The number of hydrogen-bond acceptors (Lipinski definition) is 7. The standard InChI is InChI=1S/C20H24N2O6/c1-13(2)7-15-9-22(5-6-24-15)20(23)16-10-26-19(21-16)11-25-14-3-4-17-18(8-14)28-12-27-17/h3-4,8,10,13,15H,5-7,9,11-12H2,1-2H3/t15-/m1/s1. The van der Waals surface area contributed by atoms with Crippen LogP contribution in [0.4, 0.5) is 0 Å². The van der Waals surface area contributed by atoms with Crippen molar-refractivity contribution in [2.45, 2.75) is 33.0 Å². The minimum atomic E-state index is -0.143. The molecule has 2 aliphatic heterocycles. The second-order valence-corrected chi connectivity index (χ2v) is 7.30. The Labute approximate surface area is 163 Å². The van der Waals surface area contributed by atoms with E-state index in [1.165, 1.54) is 6.26 Å². The maximum Gasteiger partial charge on any atom is 0.275 e. The number of fused-ring (bicyclic) bond motifs is 1. The van der Waals surface area contributed by atoms with Crippen molar-refractivity contribution in [3.05, 3.63) is 36.0 Å². The molecule has 2 aliphatic rings. The average Bonchev–Trinajstić information content (AvgIpc) is 3.34. The van der Waals surface area contributed by atoms with Crippen LogP contribution in [0.3, 0.4) is 0 Å². The van der Waals surface area contributed by atoms with Gasteiger partial charge in [-0.05, 0) is 24.5 Å². The van der Waals surface area contributed by atoms with E-state index in [-0.39, 0.29) is 31.1 Å². The molecule has 0 unspecified atom stereocenters. The fourth-order valence-electron chi connectivity index (χ4n) is 3.32. The van der Waals surface area contributed by atoms with Gasteiger partial charge in [0, 0.05) is 19.2 Å². The van der Waals surface area contributed by atoms with Crippen LogP contribution >= 0.6 is 0 Å². The summed E-state index contributed by atoms with van der Waals surface area (Å²) in [6.07, 6.45) is 2.38. The number of carbonyl (C=O) groups is 1. The number of ether oxygens (including phenoxy) is 4. The second kappa shape index (κ2) is 8.10. The lowest BCUT2D eigenvalue weighted by molar-refractivity contribution is -0.0299. The van der Waals surface area contributed by atoms with Crippen LogP contribution in [0.2, 0.25) is 0 Å². The van der Waals surface area contributed by atoms with Gasteiger partial charge in [-0.3, -0.25) is 4.79 Å². The van der Waals surface area contributed by atoms with Crippen molar-refractivity contribution < 1.29 is 28.2 Å². The molecule has 0 aliphatic carbocycles. The normalized spacial score (nSPS) is 18.5. The van der Waals surface area contributed by atoms with Gasteiger partial charge in [0.25, 0.3) is 5.91 Å². The first-order valence-corrected chi connectivity index (χ1v) is 9.46. The number of carbonyl (C=O) groups excluding carboxylic acids is 1. The van der Waals surface area contributed by atoms with E-state index in [0.29, 0.717) is 48.8 Å². The van der Waals surface area contributed by atoms with Gasteiger partial charge < -0.3 is 28.3 Å². The van der Waals surface area contributed by atoms with Gasteiger partial charge in [-0.2, -0.15) is 0 Å². The summed E-state index contributed by atoms with van der Waals surface area (Å²) in [5.41, 5.74) is 0.287. The highest BCUT2D eigenvalue weighted by molar-refractivity contribution is 5.92. The van der Waals surface area contributed by atoms with E-state index in [9.17, 15) is 4.79 Å². The third kappa shape index (κ3) is 4.22. The van der Waals surface area contributed by atoms with Crippen molar-refractivity contribution in [2.75, 3.05) is 26.5 Å². The molecule has 0 spiro atoms. The van der Waals surface area contributed by atoms with Crippen LogP contribution in [0.5, 0.6) is 17.2 Å². The average molecular weight is 388 g/mol. The first-order chi connectivity index (χ1) is 13.6. The zero-order valence-electron chi connectivity index (χ0n) is 16.1. The maximum atomic E-state index is 12.7. The molecule has 4 rings (SSSR count). The molecule has 0 saturated carbocycles. The van der Waals surface area contributed by atoms with E-state index in [1.54, 1.807) is 23.1 Å². The van der Waals surface area contributed by atoms with Gasteiger partial charge in [0.1, 0.15) is 12.0 Å². The Morgan fingerprint density at radius 1 is 1.32 bits per heavy atom. The van der Waals surface area contributed by atoms with E-state index in [0.717, 1.165) is 6.42 Å². The highest BCUT2D eigenvalue weighted by Gasteiger charge is 2.27. The van der Waals surface area contributed by atoms with Crippen LogP contribution in [0.25, 0.3) is 0 Å². The summed E-state index contributed by atoms with van der Waals surface area (Å²) in [5, 5.41) is 0. The molecule has 8 nitrogen and oxygen atoms in total. The Balaban J connectivity index is 1.34. The summed E-state index contributed by atoms with van der Waals surface area (Å²) < 4.78 is 27.4. The van der Waals surface area contributed by atoms with Crippen LogP contribution in [0.15, 0.2) is 28.9 Å². The first-order valence-electron chi connectivity index (χ1n) is 9.46. The number of benzene rings is 1. The van der Waals surface area contributed by atoms with Crippen molar-refractivity contribution in [1.82, 2.24) is 9.88 Å². The minimum Gasteiger partial charge on any atom is -0.484 e. The molecule has 1 saturated heterocycles. The van der Waals surface area contributed by atoms with Crippen molar-refractivity contribution in [1.29, 1.82) is 0 Å². The molecule has 3 heterocycles. The molecule has 1 amide bonds. The Morgan fingerprint density at radius 2 is 2.18 bits per heavy atom. The fraction of sp³-hybridized carbons (Fsp3) is 0.500. The third-order valence-corrected chi connectivity index (χ3v) is 4.64. The largest absolute Gasteiger partial charge is 0.484 e. The number of rotatable bonds is 6. The van der Waals surface area contributed by atoms with Gasteiger partial charge in [0.2, 0.25) is 12.7 Å². The van der Waals surface area contributed by atoms with Crippen molar-refractivity contribution in [2.24, 2.45) is 5.92 Å². The molecular formula is C20H24N2O6. The van der Waals surface area contributed by atoms with Crippen LogP contribution in [-0.2, 0) is 11.3 Å². The molecule has 28 heavy (non-hydrogen) atoms. The van der Waals surface area contributed by atoms with Gasteiger partial charge in [0.15, 0.2) is 23.8 Å². The second-order valence-electron chi connectivity index (χ2n) is 7.30. The molecule has 1 aromatic heterocycles. The number of aromatic nitrogens is 1. The lowest BCUT2D eigenvalue weighted by atomic mass is 10.0. The predicted octanol–water partition coefficient (Wildman–Crippen LogP) is 2.87. The number of nitrogens with zero attached hydrogens (tertiary/aromatic N) is 2. The van der Waals surface area contributed by atoms with E-state index in [1.807, 2.05) is 0 Å². The van der Waals surface area contributed by atoms with Gasteiger partial charge >= 0.3 is 0 Å². The third-order valence-electron chi connectivity index (χ3n) is 4.64. The highest BCUT2D eigenvalue weighted by atomic mass is 16.7. The lowest BCUT2D eigenvalue weighted by Crippen LogP contribution is -2.46. The van der Waals surface area contributed by atoms with Crippen LogP contribution < -0.4 is 14.2 Å². The maximum absolute atomic E-state index is 12.7.